The quantitative estimate of drug-likeness (QED) is 0.873. The van der Waals surface area contributed by atoms with Crippen LogP contribution >= 0.6 is 27.3 Å². The number of carbonyl (C=O) groups excluding carboxylic acids is 1. The molecule has 0 radical (unpaired) electrons. The molecule has 0 aromatic carbocycles. The number of amides is 1. The van der Waals surface area contributed by atoms with Gasteiger partial charge >= 0.3 is 0 Å². The maximum atomic E-state index is 11.8. The van der Waals surface area contributed by atoms with Crippen LogP contribution in [0.1, 0.15) is 43.8 Å². The summed E-state index contributed by atoms with van der Waals surface area (Å²) in [6, 6.07) is 3.96. The van der Waals surface area contributed by atoms with Gasteiger partial charge in [0.25, 0.3) is 0 Å². The summed E-state index contributed by atoms with van der Waals surface area (Å²) in [7, 11) is 0. The summed E-state index contributed by atoms with van der Waals surface area (Å²) in [6.45, 7) is 6.61. The van der Waals surface area contributed by atoms with Crippen molar-refractivity contribution in [3.05, 3.63) is 32.5 Å². The van der Waals surface area contributed by atoms with Crippen molar-refractivity contribution in [2.75, 3.05) is 0 Å². The average molecular weight is 372 g/mol. The normalized spacial score (nSPS) is 11.6. The molecule has 1 N–H and O–H groups in total. The summed E-state index contributed by atoms with van der Waals surface area (Å²) in [5.74, 6) is 1.16. The van der Waals surface area contributed by atoms with Crippen LogP contribution in [-0.2, 0) is 23.2 Å². The molecule has 0 saturated carbocycles. The van der Waals surface area contributed by atoms with Crippen molar-refractivity contribution in [1.29, 1.82) is 0 Å². The molecule has 0 spiro atoms. The highest BCUT2D eigenvalue weighted by atomic mass is 79.9. The predicted octanol–water partition coefficient (Wildman–Crippen LogP) is 3.44. The lowest BCUT2D eigenvalue weighted by Crippen LogP contribution is -2.22. The standard InChI is InChI=1S/C14H18BrN3O2S/c1-14(2,3)13-17-12(20-18-13)7-6-11(19)16-8-9-4-5-10(15)21-9/h4-5H,6-8H2,1-3H3,(H,16,19). The second kappa shape index (κ2) is 6.70. The Kier molecular flexibility index (Phi) is 5.16. The van der Waals surface area contributed by atoms with E-state index in [-0.39, 0.29) is 11.3 Å². The van der Waals surface area contributed by atoms with Gasteiger partial charge in [0, 0.05) is 23.1 Å². The molecule has 7 heteroatoms. The SMILES string of the molecule is CC(C)(C)c1noc(CCC(=O)NCc2ccc(Br)s2)n1. The summed E-state index contributed by atoms with van der Waals surface area (Å²) in [4.78, 5) is 17.2. The lowest BCUT2D eigenvalue weighted by Gasteiger charge is -2.10. The van der Waals surface area contributed by atoms with E-state index in [1.807, 2.05) is 32.9 Å². The summed E-state index contributed by atoms with van der Waals surface area (Å²) >= 11 is 5.01. The van der Waals surface area contributed by atoms with Gasteiger partial charge in [-0.3, -0.25) is 4.79 Å². The van der Waals surface area contributed by atoms with Crippen LogP contribution in [0, 0.1) is 0 Å². The predicted molar refractivity (Wildman–Crippen MR) is 85.2 cm³/mol. The molecule has 0 aliphatic carbocycles. The molecular weight excluding hydrogens is 354 g/mol. The molecule has 2 aromatic heterocycles. The van der Waals surface area contributed by atoms with Crippen molar-refractivity contribution in [3.8, 4) is 0 Å². The zero-order valence-electron chi connectivity index (χ0n) is 12.3. The Morgan fingerprint density at radius 2 is 2.19 bits per heavy atom. The fourth-order valence-corrected chi connectivity index (χ4v) is 3.03. The van der Waals surface area contributed by atoms with E-state index in [9.17, 15) is 4.79 Å². The lowest BCUT2D eigenvalue weighted by atomic mass is 9.96. The van der Waals surface area contributed by atoms with Crippen molar-refractivity contribution in [2.24, 2.45) is 0 Å². The number of aryl methyl sites for hydroxylation is 1. The number of hydrogen-bond donors (Lipinski definition) is 1. The Morgan fingerprint density at radius 1 is 1.43 bits per heavy atom. The third kappa shape index (κ3) is 4.93. The number of carbonyl (C=O) groups is 1. The molecule has 1 amide bonds. The zero-order valence-corrected chi connectivity index (χ0v) is 14.7. The number of nitrogens with one attached hydrogen (secondary N) is 1. The van der Waals surface area contributed by atoms with Crippen molar-refractivity contribution < 1.29 is 9.32 Å². The first-order valence-electron chi connectivity index (χ1n) is 6.68. The summed E-state index contributed by atoms with van der Waals surface area (Å²) in [6.07, 6.45) is 0.807. The van der Waals surface area contributed by atoms with E-state index in [1.54, 1.807) is 11.3 Å². The summed E-state index contributed by atoms with van der Waals surface area (Å²) in [5.41, 5.74) is -0.142. The minimum atomic E-state index is -0.142. The van der Waals surface area contributed by atoms with Crippen LogP contribution < -0.4 is 5.32 Å². The smallest absolute Gasteiger partial charge is 0.227 e. The molecule has 5 nitrogen and oxygen atoms in total. The maximum Gasteiger partial charge on any atom is 0.227 e. The van der Waals surface area contributed by atoms with Gasteiger partial charge in [0.2, 0.25) is 11.8 Å². The molecule has 114 valence electrons. The maximum absolute atomic E-state index is 11.8. The highest BCUT2D eigenvalue weighted by Gasteiger charge is 2.21. The number of thiophene rings is 1. The van der Waals surface area contributed by atoms with Crippen molar-refractivity contribution in [2.45, 2.75) is 45.6 Å². The molecule has 21 heavy (non-hydrogen) atoms. The first kappa shape index (κ1) is 16.2. The Hall–Kier alpha value is -1.21. The monoisotopic (exact) mass is 371 g/mol. The van der Waals surface area contributed by atoms with Crippen LogP contribution in [0.4, 0.5) is 0 Å². The van der Waals surface area contributed by atoms with Crippen LogP contribution in [0.25, 0.3) is 0 Å². The Morgan fingerprint density at radius 3 is 2.76 bits per heavy atom. The highest BCUT2D eigenvalue weighted by Crippen LogP contribution is 2.22. The Balaban J connectivity index is 1.77. The number of rotatable bonds is 5. The number of hydrogen-bond acceptors (Lipinski definition) is 5. The van der Waals surface area contributed by atoms with Gasteiger partial charge in [-0.2, -0.15) is 4.98 Å². The third-order valence-corrected chi connectivity index (χ3v) is 4.42. The minimum Gasteiger partial charge on any atom is -0.351 e. The van der Waals surface area contributed by atoms with Crippen LogP contribution in [0.15, 0.2) is 20.4 Å². The molecule has 0 aliphatic heterocycles. The van der Waals surface area contributed by atoms with E-state index in [4.69, 9.17) is 4.52 Å². The van der Waals surface area contributed by atoms with Crippen molar-refractivity contribution in [1.82, 2.24) is 15.5 Å². The first-order valence-corrected chi connectivity index (χ1v) is 8.29. The molecule has 0 saturated heterocycles. The Bertz CT molecular complexity index is 616. The molecule has 0 aliphatic rings. The second-order valence-corrected chi connectivity index (χ2v) is 8.29. The highest BCUT2D eigenvalue weighted by molar-refractivity contribution is 9.11. The van der Waals surface area contributed by atoms with Gasteiger partial charge in [0.05, 0.1) is 10.3 Å². The number of nitrogens with zero attached hydrogens (tertiary/aromatic N) is 2. The molecule has 2 rings (SSSR count). The second-order valence-electron chi connectivity index (χ2n) is 5.74. The summed E-state index contributed by atoms with van der Waals surface area (Å²) in [5, 5.41) is 6.82. The lowest BCUT2D eigenvalue weighted by molar-refractivity contribution is -0.121. The molecular formula is C14H18BrN3O2S. The zero-order chi connectivity index (χ0) is 15.5. The summed E-state index contributed by atoms with van der Waals surface area (Å²) < 4.78 is 6.22. The molecule has 0 atom stereocenters. The van der Waals surface area contributed by atoms with Gasteiger partial charge in [0.1, 0.15) is 0 Å². The van der Waals surface area contributed by atoms with Gasteiger partial charge in [0.15, 0.2) is 5.82 Å². The first-order chi connectivity index (χ1) is 9.84. The van der Waals surface area contributed by atoms with Gasteiger partial charge in [-0.1, -0.05) is 25.9 Å². The Labute approximate surface area is 136 Å². The van der Waals surface area contributed by atoms with Gasteiger partial charge in [-0.25, -0.2) is 0 Å². The van der Waals surface area contributed by atoms with E-state index >= 15 is 0 Å². The fraction of sp³-hybridized carbons (Fsp3) is 0.500. The van der Waals surface area contributed by atoms with Gasteiger partial charge in [-0.15, -0.1) is 11.3 Å². The van der Waals surface area contributed by atoms with Crippen LogP contribution in [0.3, 0.4) is 0 Å². The molecule has 2 aromatic rings. The van der Waals surface area contributed by atoms with Crippen molar-refractivity contribution >= 4 is 33.2 Å². The van der Waals surface area contributed by atoms with Crippen LogP contribution in [0.5, 0.6) is 0 Å². The topological polar surface area (TPSA) is 68.0 Å². The van der Waals surface area contributed by atoms with Crippen LogP contribution in [0.2, 0.25) is 0 Å². The van der Waals surface area contributed by atoms with E-state index in [2.05, 4.69) is 31.4 Å². The number of halogens is 1. The molecule has 0 bridgehead atoms. The number of aromatic nitrogens is 2. The van der Waals surface area contributed by atoms with Gasteiger partial charge in [-0.05, 0) is 28.1 Å². The van der Waals surface area contributed by atoms with E-state index in [1.165, 1.54) is 0 Å². The van der Waals surface area contributed by atoms with E-state index in [0.717, 1.165) is 8.66 Å². The molecule has 0 fully saturated rings. The molecule has 0 unspecified atom stereocenters. The minimum absolute atomic E-state index is 0.0185. The fourth-order valence-electron chi connectivity index (χ4n) is 1.60. The molecule has 2 heterocycles. The third-order valence-electron chi connectivity index (χ3n) is 2.79. The van der Waals surface area contributed by atoms with E-state index < -0.39 is 0 Å². The van der Waals surface area contributed by atoms with Crippen molar-refractivity contribution in [3.63, 3.8) is 0 Å². The van der Waals surface area contributed by atoms with E-state index in [0.29, 0.717) is 31.1 Å². The largest absolute Gasteiger partial charge is 0.351 e. The average Bonchev–Trinajstić information content (AvgIpc) is 3.02. The van der Waals surface area contributed by atoms with Gasteiger partial charge < -0.3 is 9.84 Å². The van der Waals surface area contributed by atoms with Crippen LogP contribution in [-0.4, -0.2) is 16.0 Å².